The predicted molar refractivity (Wildman–Crippen MR) is 83.6 cm³/mol. The van der Waals surface area contributed by atoms with Crippen molar-refractivity contribution in [3.05, 3.63) is 16.5 Å². The zero-order chi connectivity index (χ0) is 14.1. The van der Waals surface area contributed by atoms with Gasteiger partial charge in [-0.2, -0.15) is 0 Å². The lowest BCUT2D eigenvalue weighted by Crippen LogP contribution is -2.38. The normalized spacial score (nSPS) is 20.1. The third kappa shape index (κ3) is 2.78. The molecule has 2 saturated carbocycles. The van der Waals surface area contributed by atoms with Gasteiger partial charge in [0.15, 0.2) is 0 Å². The molecule has 2 aliphatic rings. The fraction of sp³-hybridized carbons (Fsp3) is 0.750. The van der Waals surface area contributed by atoms with Crippen LogP contribution in [0.2, 0.25) is 5.15 Å². The second kappa shape index (κ2) is 5.88. The molecule has 110 valence electrons. The highest BCUT2D eigenvalue weighted by Crippen LogP contribution is 2.40. The minimum Gasteiger partial charge on any atom is -0.354 e. The lowest BCUT2D eigenvalue weighted by molar-refractivity contribution is 0.415. The molecule has 0 bridgehead atoms. The number of anilines is 1. The van der Waals surface area contributed by atoms with E-state index >= 15 is 0 Å². The van der Waals surface area contributed by atoms with E-state index in [0.29, 0.717) is 17.1 Å². The van der Waals surface area contributed by atoms with Gasteiger partial charge in [0, 0.05) is 24.1 Å². The molecule has 0 amide bonds. The van der Waals surface area contributed by atoms with E-state index in [1.165, 1.54) is 44.9 Å². The highest BCUT2D eigenvalue weighted by molar-refractivity contribution is 6.30. The molecule has 3 nitrogen and oxygen atoms in total. The van der Waals surface area contributed by atoms with Crippen LogP contribution in [0.15, 0.2) is 0 Å². The maximum Gasteiger partial charge on any atom is 0.137 e. The van der Waals surface area contributed by atoms with E-state index in [4.69, 9.17) is 16.6 Å². The summed E-state index contributed by atoms with van der Waals surface area (Å²) in [5.41, 5.74) is 1.04. The van der Waals surface area contributed by atoms with Crippen LogP contribution >= 0.6 is 11.6 Å². The van der Waals surface area contributed by atoms with Crippen molar-refractivity contribution >= 4 is 17.4 Å². The Labute approximate surface area is 126 Å². The second-order valence-corrected chi connectivity index (χ2v) is 6.53. The van der Waals surface area contributed by atoms with Gasteiger partial charge < -0.3 is 4.90 Å². The summed E-state index contributed by atoms with van der Waals surface area (Å²) in [6, 6.07) is 0.630. The Hall–Kier alpha value is -0.830. The van der Waals surface area contributed by atoms with Crippen LogP contribution in [-0.4, -0.2) is 22.6 Å². The zero-order valence-electron chi connectivity index (χ0n) is 12.5. The first kappa shape index (κ1) is 14.1. The lowest BCUT2D eigenvalue weighted by Gasteiger charge is -2.35. The Balaban J connectivity index is 1.92. The summed E-state index contributed by atoms with van der Waals surface area (Å²) in [5, 5.41) is 0.645. The van der Waals surface area contributed by atoms with Gasteiger partial charge in [-0.1, -0.05) is 30.9 Å². The van der Waals surface area contributed by atoms with E-state index < -0.39 is 0 Å². The Morgan fingerprint density at radius 3 is 2.40 bits per heavy atom. The van der Waals surface area contributed by atoms with E-state index in [9.17, 15) is 0 Å². The van der Waals surface area contributed by atoms with E-state index in [-0.39, 0.29) is 0 Å². The summed E-state index contributed by atoms with van der Waals surface area (Å²) in [4.78, 5) is 11.8. The van der Waals surface area contributed by atoms with E-state index in [2.05, 4.69) is 23.7 Å². The van der Waals surface area contributed by atoms with E-state index in [1.54, 1.807) is 0 Å². The maximum atomic E-state index is 6.35. The van der Waals surface area contributed by atoms with Crippen LogP contribution in [0.3, 0.4) is 0 Å². The van der Waals surface area contributed by atoms with Crippen LogP contribution in [0, 0.1) is 6.92 Å². The van der Waals surface area contributed by atoms with Crippen LogP contribution in [0.1, 0.15) is 69.2 Å². The summed E-state index contributed by atoms with van der Waals surface area (Å²) in [5.74, 6) is 2.60. The van der Waals surface area contributed by atoms with Gasteiger partial charge in [-0.15, -0.1) is 0 Å². The second-order valence-electron chi connectivity index (χ2n) is 6.17. The summed E-state index contributed by atoms with van der Waals surface area (Å²) in [7, 11) is 0. The average Bonchev–Trinajstić information content (AvgIpc) is 3.30. The Kier molecular flexibility index (Phi) is 4.16. The molecule has 1 aromatic rings. The molecular formula is C16H24ClN3. The molecule has 3 rings (SSSR count). The molecule has 1 aromatic heterocycles. The highest BCUT2D eigenvalue weighted by Gasteiger charge is 2.30. The summed E-state index contributed by atoms with van der Waals surface area (Å²) < 4.78 is 0. The number of halogens is 1. The molecule has 2 aliphatic carbocycles. The van der Waals surface area contributed by atoms with Crippen LogP contribution in [0.4, 0.5) is 5.82 Å². The van der Waals surface area contributed by atoms with Crippen molar-refractivity contribution < 1.29 is 0 Å². The van der Waals surface area contributed by atoms with Gasteiger partial charge in [0.1, 0.15) is 16.8 Å². The molecule has 0 aromatic carbocycles. The van der Waals surface area contributed by atoms with Gasteiger partial charge in [0.2, 0.25) is 0 Å². The molecule has 20 heavy (non-hydrogen) atoms. The molecule has 2 fully saturated rings. The molecule has 0 aliphatic heterocycles. The SMILES string of the molecule is CCN(c1nc(C2CC2)nc(Cl)c1C)C1CCCCC1. The summed E-state index contributed by atoms with van der Waals surface area (Å²) in [6.07, 6.45) is 9.07. The summed E-state index contributed by atoms with van der Waals surface area (Å²) in [6.45, 7) is 5.28. The number of rotatable bonds is 4. The van der Waals surface area contributed by atoms with Crippen molar-refractivity contribution in [2.75, 3.05) is 11.4 Å². The van der Waals surface area contributed by atoms with Crippen LogP contribution in [0.5, 0.6) is 0 Å². The first-order chi connectivity index (χ1) is 9.70. The van der Waals surface area contributed by atoms with Gasteiger partial charge in [-0.05, 0) is 39.5 Å². The minimum absolute atomic E-state index is 0.553. The quantitative estimate of drug-likeness (QED) is 0.767. The van der Waals surface area contributed by atoms with Crippen molar-refractivity contribution in [2.45, 2.75) is 70.8 Å². The standard InChI is InChI=1S/C16H24ClN3/c1-3-20(13-7-5-4-6-8-13)16-11(2)14(17)18-15(19-16)12-9-10-12/h12-13H,3-10H2,1-2H3. The summed E-state index contributed by atoms with van der Waals surface area (Å²) >= 11 is 6.35. The average molecular weight is 294 g/mol. The zero-order valence-corrected chi connectivity index (χ0v) is 13.3. The van der Waals surface area contributed by atoms with Gasteiger partial charge in [-0.25, -0.2) is 9.97 Å². The molecule has 0 radical (unpaired) electrons. The van der Waals surface area contributed by atoms with Crippen LogP contribution < -0.4 is 4.90 Å². The highest BCUT2D eigenvalue weighted by atomic mass is 35.5. The van der Waals surface area contributed by atoms with Crippen LogP contribution in [-0.2, 0) is 0 Å². The van der Waals surface area contributed by atoms with E-state index in [0.717, 1.165) is 23.8 Å². The smallest absolute Gasteiger partial charge is 0.137 e. The Bertz CT molecular complexity index is 479. The van der Waals surface area contributed by atoms with Crippen molar-refractivity contribution in [3.63, 3.8) is 0 Å². The lowest BCUT2D eigenvalue weighted by atomic mass is 9.94. The largest absolute Gasteiger partial charge is 0.354 e. The topological polar surface area (TPSA) is 29.0 Å². The van der Waals surface area contributed by atoms with Gasteiger partial charge in [0.05, 0.1) is 0 Å². The predicted octanol–water partition coefficient (Wildman–Crippen LogP) is 4.47. The van der Waals surface area contributed by atoms with E-state index in [1.807, 2.05) is 0 Å². The number of hydrogen-bond donors (Lipinski definition) is 0. The molecule has 0 spiro atoms. The fourth-order valence-electron chi connectivity index (χ4n) is 3.27. The fourth-order valence-corrected chi connectivity index (χ4v) is 3.44. The minimum atomic E-state index is 0.553. The van der Waals surface area contributed by atoms with Gasteiger partial charge in [-0.3, -0.25) is 0 Å². The van der Waals surface area contributed by atoms with Gasteiger partial charge >= 0.3 is 0 Å². The molecule has 0 N–H and O–H groups in total. The molecular weight excluding hydrogens is 270 g/mol. The van der Waals surface area contributed by atoms with Crippen molar-refractivity contribution in [2.24, 2.45) is 0 Å². The molecule has 1 heterocycles. The van der Waals surface area contributed by atoms with Gasteiger partial charge in [0.25, 0.3) is 0 Å². The number of nitrogens with zero attached hydrogens (tertiary/aromatic N) is 3. The number of aromatic nitrogens is 2. The van der Waals surface area contributed by atoms with Crippen molar-refractivity contribution in [1.82, 2.24) is 9.97 Å². The maximum absolute atomic E-state index is 6.35. The van der Waals surface area contributed by atoms with Crippen molar-refractivity contribution in [1.29, 1.82) is 0 Å². The van der Waals surface area contributed by atoms with Crippen molar-refractivity contribution in [3.8, 4) is 0 Å². The first-order valence-corrected chi connectivity index (χ1v) is 8.39. The monoisotopic (exact) mass is 293 g/mol. The Morgan fingerprint density at radius 1 is 1.10 bits per heavy atom. The molecule has 0 atom stereocenters. The third-order valence-corrected chi connectivity index (χ3v) is 5.02. The molecule has 0 saturated heterocycles. The molecule has 4 heteroatoms. The first-order valence-electron chi connectivity index (χ1n) is 8.01. The van der Waals surface area contributed by atoms with Crippen LogP contribution in [0.25, 0.3) is 0 Å². The number of hydrogen-bond acceptors (Lipinski definition) is 3. The Morgan fingerprint density at radius 2 is 1.80 bits per heavy atom. The molecule has 0 unspecified atom stereocenters. The third-order valence-electron chi connectivity index (χ3n) is 4.65.